The lowest BCUT2D eigenvalue weighted by atomic mass is 9.99. The molecule has 1 aromatic carbocycles. The van der Waals surface area contributed by atoms with Gasteiger partial charge in [-0.1, -0.05) is 30.7 Å². The van der Waals surface area contributed by atoms with E-state index in [2.05, 4.69) is 4.74 Å². The molecular formula is C14H13ClO3. The standard InChI is InChI=1S/C14H13ClO3/c1-9(10-4-3-5-11(15)8-10)12-6-7-13(18-12)14(16)17-2/h3-9H,1-2H3. The Morgan fingerprint density at radius 2 is 2.11 bits per heavy atom. The molecule has 0 N–H and O–H groups in total. The minimum absolute atomic E-state index is 0.0297. The van der Waals surface area contributed by atoms with Gasteiger partial charge in [-0.05, 0) is 29.8 Å². The van der Waals surface area contributed by atoms with Crippen molar-refractivity contribution in [2.24, 2.45) is 0 Å². The maximum Gasteiger partial charge on any atom is 0.373 e. The lowest BCUT2D eigenvalue weighted by Crippen LogP contribution is -1.99. The molecule has 0 saturated carbocycles. The lowest BCUT2D eigenvalue weighted by Gasteiger charge is -2.09. The number of carbonyl (C=O) groups is 1. The van der Waals surface area contributed by atoms with Crippen LogP contribution in [0, 0.1) is 0 Å². The van der Waals surface area contributed by atoms with Crippen LogP contribution in [0.5, 0.6) is 0 Å². The molecule has 0 aliphatic heterocycles. The molecule has 0 amide bonds. The van der Waals surface area contributed by atoms with Crippen LogP contribution in [0.25, 0.3) is 0 Å². The molecule has 1 atom stereocenters. The third-order valence-corrected chi connectivity index (χ3v) is 3.02. The van der Waals surface area contributed by atoms with Crippen LogP contribution in [0.4, 0.5) is 0 Å². The first kappa shape index (κ1) is 12.7. The summed E-state index contributed by atoms with van der Waals surface area (Å²) in [6.07, 6.45) is 0. The predicted octanol–water partition coefficient (Wildman–Crippen LogP) is 3.87. The van der Waals surface area contributed by atoms with E-state index < -0.39 is 5.97 Å². The minimum atomic E-state index is -0.473. The Balaban J connectivity index is 2.26. The average molecular weight is 265 g/mol. The minimum Gasteiger partial charge on any atom is -0.463 e. The fourth-order valence-electron chi connectivity index (χ4n) is 1.74. The van der Waals surface area contributed by atoms with Crippen molar-refractivity contribution in [1.29, 1.82) is 0 Å². The van der Waals surface area contributed by atoms with Gasteiger partial charge in [0, 0.05) is 10.9 Å². The van der Waals surface area contributed by atoms with Gasteiger partial charge in [0.05, 0.1) is 7.11 Å². The number of furan rings is 1. The molecule has 0 saturated heterocycles. The summed E-state index contributed by atoms with van der Waals surface area (Å²) >= 11 is 5.95. The Kier molecular flexibility index (Phi) is 3.72. The summed E-state index contributed by atoms with van der Waals surface area (Å²) in [5.74, 6) is 0.473. The molecule has 18 heavy (non-hydrogen) atoms. The Morgan fingerprint density at radius 3 is 2.78 bits per heavy atom. The second kappa shape index (κ2) is 5.27. The van der Waals surface area contributed by atoms with Crippen molar-refractivity contribution in [3.8, 4) is 0 Å². The number of rotatable bonds is 3. The number of methoxy groups -OCH3 is 1. The summed E-state index contributed by atoms with van der Waals surface area (Å²) in [4.78, 5) is 11.3. The smallest absolute Gasteiger partial charge is 0.373 e. The Labute approximate surface area is 110 Å². The monoisotopic (exact) mass is 264 g/mol. The van der Waals surface area contributed by atoms with Crippen molar-refractivity contribution in [3.63, 3.8) is 0 Å². The summed E-state index contributed by atoms with van der Waals surface area (Å²) in [6.45, 7) is 1.99. The van der Waals surface area contributed by atoms with Gasteiger partial charge in [-0.2, -0.15) is 0 Å². The van der Waals surface area contributed by atoms with Gasteiger partial charge < -0.3 is 9.15 Å². The normalized spacial score (nSPS) is 12.2. The fraction of sp³-hybridized carbons (Fsp3) is 0.214. The molecule has 0 radical (unpaired) electrons. The van der Waals surface area contributed by atoms with Crippen molar-refractivity contribution >= 4 is 17.6 Å². The van der Waals surface area contributed by atoms with E-state index >= 15 is 0 Å². The van der Waals surface area contributed by atoms with Gasteiger partial charge in [-0.3, -0.25) is 0 Å². The van der Waals surface area contributed by atoms with Gasteiger partial charge in [0.15, 0.2) is 0 Å². The molecule has 2 rings (SSSR count). The van der Waals surface area contributed by atoms with Crippen LogP contribution in [0.1, 0.15) is 34.7 Å². The molecule has 94 valence electrons. The van der Waals surface area contributed by atoms with Gasteiger partial charge >= 0.3 is 5.97 Å². The number of esters is 1. The van der Waals surface area contributed by atoms with E-state index in [9.17, 15) is 4.79 Å². The van der Waals surface area contributed by atoms with Gasteiger partial charge in [-0.25, -0.2) is 4.79 Å². The summed E-state index contributed by atoms with van der Waals surface area (Å²) < 4.78 is 10.1. The van der Waals surface area contributed by atoms with E-state index in [-0.39, 0.29) is 11.7 Å². The van der Waals surface area contributed by atoms with Gasteiger partial charge in [0.25, 0.3) is 0 Å². The lowest BCUT2D eigenvalue weighted by molar-refractivity contribution is 0.0563. The van der Waals surface area contributed by atoms with Crippen molar-refractivity contribution in [1.82, 2.24) is 0 Å². The molecule has 0 aliphatic carbocycles. The largest absolute Gasteiger partial charge is 0.463 e. The van der Waals surface area contributed by atoms with E-state index in [1.807, 2.05) is 31.2 Å². The van der Waals surface area contributed by atoms with Crippen LogP contribution in [0.3, 0.4) is 0 Å². The van der Waals surface area contributed by atoms with Crippen LogP contribution in [0.2, 0.25) is 5.02 Å². The van der Waals surface area contributed by atoms with E-state index in [1.54, 1.807) is 12.1 Å². The molecule has 0 bridgehead atoms. The Hall–Kier alpha value is -1.74. The van der Waals surface area contributed by atoms with Crippen LogP contribution >= 0.6 is 11.6 Å². The molecule has 1 heterocycles. The second-order valence-electron chi connectivity index (χ2n) is 3.97. The van der Waals surface area contributed by atoms with E-state index in [0.29, 0.717) is 10.8 Å². The Bertz CT molecular complexity index is 560. The highest BCUT2D eigenvalue weighted by Gasteiger charge is 2.16. The topological polar surface area (TPSA) is 39.4 Å². The third kappa shape index (κ3) is 2.57. The number of halogens is 1. The van der Waals surface area contributed by atoms with E-state index in [0.717, 1.165) is 5.56 Å². The molecular weight excluding hydrogens is 252 g/mol. The first-order chi connectivity index (χ1) is 8.61. The number of hydrogen-bond acceptors (Lipinski definition) is 3. The number of benzene rings is 1. The molecule has 4 heteroatoms. The molecule has 2 aromatic rings. The Morgan fingerprint density at radius 1 is 1.33 bits per heavy atom. The summed E-state index contributed by atoms with van der Waals surface area (Å²) in [5.41, 5.74) is 1.04. The zero-order chi connectivity index (χ0) is 13.1. The summed E-state index contributed by atoms with van der Waals surface area (Å²) in [7, 11) is 1.32. The maximum atomic E-state index is 11.3. The summed E-state index contributed by atoms with van der Waals surface area (Å²) in [6, 6.07) is 10.9. The third-order valence-electron chi connectivity index (χ3n) is 2.79. The van der Waals surface area contributed by atoms with Crippen molar-refractivity contribution in [2.75, 3.05) is 7.11 Å². The van der Waals surface area contributed by atoms with Crippen molar-refractivity contribution < 1.29 is 13.9 Å². The van der Waals surface area contributed by atoms with Gasteiger partial charge in [0.2, 0.25) is 5.76 Å². The molecule has 0 fully saturated rings. The van der Waals surface area contributed by atoms with Crippen LogP contribution in [-0.4, -0.2) is 13.1 Å². The second-order valence-corrected chi connectivity index (χ2v) is 4.41. The first-order valence-corrected chi connectivity index (χ1v) is 5.93. The molecule has 0 spiro atoms. The summed E-state index contributed by atoms with van der Waals surface area (Å²) in [5, 5.41) is 0.680. The highest BCUT2D eigenvalue weighted by atomic mass is 35.5. The number of hydrogen-bond donors (Lipinski definition) is 0. The van der Waals surface area contributed by atoms with Crippen molar-refractivity contribution in [3.05, 3.63) is 58.5 Å². The molecule has 3 nitrogen and oxygen atoms in total. The SMILES string of the molecule is COC(=O)c1ccc(C(C)c2cccc(Cl)c2)o1. The van der Waals surface area contributed by atoms with Gasteiger partial charge in [0.1, 0.15) is 5.76 Å². The number of ether oxygens (including phenoxy) is 1. The maximum absolute atomic E-state index is 11.3. The van der Waals surface area contributed by atoms with Crippen LogP contribution in [-0.2, 0) is 4.74 Å². The zero-order valence-corrected chi connectivity index (χ0v) is 10.9. The van der Waals surface area contributed by atoms with Crippen LogP contribution in [0.15, 0.2) is 40.8 Å². The highest BCUT2D eigenvalue weighted by Crippen LogP contribution is 2.27. The molecule has 0 aliphatic rings. The highest BCUT2D eigenvalue weighted by molar-refractivity contribution is 6.30. The molecule has 1 aromatic heterocycles. The molecule has 1 unspecified atom stereocenters. The van der Waals surface area contributed by atoms with E-state index in [4.69, 9.17) is 16.0 Å². The predicted molar refractivity (Wildman–Crippen MR) is 69.0 cm³/mol. The average Bonchev–Trinajstić information content (AvgIpc) is 2.86. The van der Waals surface area contributed by atoms with Crippen molar-refractivity contribution in [2.45, 2.75) is 12.8 Å². The number of carbonyl (C=O) groups excluding carboxylic acids is 1. The van der Waals surface area contributed by atoms with Crippen LogP contribution < -0.4 is 0 Å². The zero-order valence-electron chi connectivity index (χ0n) is 10.1. The fourth-order valence-corrected chi connectivity index (χ4v) is 1.93. The first-order valence-electron chi connectivity index (χ1n) is 5.55. The van der Waals surface area contributed by atoms with E-state index in [1.165, 1.54) is 7.11 Å². The van der Waals surface area contributed by atoms with Gasteiger partial charge in [-0.15, -0.1) is 0 Å². The quantitative estimate of drug-likeness (QED) is 0.790.